The zero-order valence-electron chi connectivity index (χ0n) is 13.2. The van der Waals surface area contributed by atoms with Gasteiger partial charge in [0.05, 0.1) is 5.69 Å². The molecule has 3 N–H and O–H groups in total. The lowest BCUT2D eigenvalue weighted by Gasteiger charge is -2.15. The first-order valence-corrected chi connectivity index (χ1v) is 7.48. The number of aromatic nitrogens is 1. The van der Waals surface area contributed by atoms with Crippen LogP contribution in [-0.4, -0.2) is 17.9 Å². The quantitative estimate of drug-likeness (QED) is 0.752. The minimum Gasteiger partial charge on any atom is -0.454 e. The van der Waals surface area contributed by atoms with E-state index in [2.05, 4.69) is 10.3 Å². The summed E-state index contributed by atoms with van der Waals surface area (Å²) in [6.07, 6.45) is 3.31. The number of nitrogens with two attached hydrogens (primary N) is 1. The highest BCUT2D eigenvalue weighted by atomic mass is 16.5. The fraction of sp³-hybridized carbons (Fsp3) is 0.0526. The summed E-state index contributed by atoms with van der Waals surface area (Å²) in [5.74, 6) is 0.793. The molecule has 0 aliphatic carbocycles. The molecule has 0 saturated heterocycles. The fourth-order valence-corrected chi connectivity index (χ4v) is 2.49. The Morgan fingerprint density at radius 2 is 1.75 bits per heavy atom. The number of carbonyl (C=O) groups is 1. The normalized spacial score (nSPS) is 10.2. The number of pyridine rings is 1. The molecule has 1 heterocycles. The largest absolute Gasteiger partial charge is 0.454 e. The van der Waals surface area contributed by atoms with Gasteiger partial charge in [-0.25, -0.2) is 0 Å². The third-order valence-electron chi connectivity index (χ3n) is 3.64. The molecule has 1 aromatic heterocycles. The van der Waals surface area contributed by atoms with E-state index >= 15 is 0 Å². The third-order valence-corrected chi connectivity index (χ3v) is 3.64. The van der Waals surface area contributed by atoms with Crippen molar-refractivity contribution in [2.75, 3.05) is 12.4 Å². The van der Waals surface area contributed by atoms with Crippen LogP contribution in [0.5, 0.6) is 11.5 Å². The number of primary amides is 1. The van der Waals surface area contributed by atoms with Crippen LogP contribution in [0.4, 0.5) is 5.69 Å². The topological polar surface area (TPSA) is 77.2 Å². The van der Waals surface area contributed by atoms with Gasteiger partial charge < -0.3 is 15.8 Å². The standard InChI is InChI=1S/C19H17N3O2/c1-21-16-8-4-5-9-18(16)24-17-10-11-22-12-15(17)13-6-2-3-7-14(13)19(20)23/h2-12,21H,1H3,(H2,20,23). The van der Waals surface area contributed by atoms with Crippen LogP contribution >= 0.6 is 0 Å². The van der Waals surface area contributed by atoms with Crippen LogP contribution < -0.4 is 15.8 Å². The van der Waals surface area contributed by atoms with Crippen molar-refractivity contribution in [2.24, 2.45) is 5.73 Å². The predicted octanol–water partition coefficient (Wildman–Crippen LogP) is 3.68. The van der Waals surface area contributed by atoms with E-state index in [9.17, 15) is 4.79 Å². The smallest absolute Gasteiger partial charge is 0.249 e. The van der Waals surface area contributed by atoms with Gasteiger partial charge in [0.1, 0.15) is 5.75 Å². The number of nitrogens with one attached hydrogen (secondary N) is 1. The lowest BCUT2D eigenvalue weighted by atomic mass is 10.00. The summed E-state index contributed by atoms with van der Waals surface area (Å²) >= 11 is 0. The molecule has 0 saturated carbocycles. The monoisotopic (exact) mass is 319 g/mol. The Hall–Kier alpha value is -3.34. The van der Waals surface area contributed by atoms with Crippen molar-refractivity contribution in [1.29, 1.82) is 0 Å². The Balaban J connectivity index is 2.08. The molecule has 0 aliphatic heterocycles. The molecule has 0 radical (unpaired) electrons. The Kier molecular flexibility index (Phi) is 4.43. The molecule has 0 atom stereocenters. The van der Waals surface area contributed by atoms with Crippen LogP contribution in [0.15, 0.2) is 67.0 Å². The second-order valence-electron chi connectivity index (χ2n) is 5.13. The average molecular weight is 319 g/mol. The van der Waals surface area contributed by atoms with Gasteiger partial charge in [-0.05, 0) is 29.8 Å². The molecule has 0 spiro atoms. The van der Waals surface area contributed by atoms with Crippen LogP contribution in [-0.2, 0) is 0 Å². The zero-order chi connectivity index (χ0) is 16.9. The molecule has 5 heteroatoms. The highest BCUT2D eigenvalue weighted by Crippen LogP contribution is 2.36. The van der Waals surface area contributed by atoms with Crippen molar-refractivity contribution >= 4 is 11.6 Å². The number of benzene rings is 2. The molecule has 0 fully saturated rings. The Morgan fingerprint density at radius 3 is 2.54 bits per heavy atom. The molecule has 120 valence electrons. The molecule has 0 aliphatic rings. The van der Waals surface area contributed by atoms with Gasteiger partial charge in [-0.3, -0.25) is 9.78 Å². The number of carbonyl (C=O) groups excluding carboxylic acids is 1. The first-order valence-electron chi connectivity index (χ1n) is 7.48. The number of rotatable bonds is 5. The van der Waals surface area contributed by atoms with Gasteiger partial charge in [0.2, 0.25) is 5.91 Å². The Labute approximate surface area is 140 Å². The summed E-state index contributed by atoms with van der Waals surface area (Å²) in [7, 11) is 1.83. The van der Waals surface area contributed by atoms with Crippen LogP contribution in [0.1, 0.15) is 10.4 Å². The molecule has 1 amide bonds. The van der Waals surface area contributed by atoms with E-state index in [4.69, 9.17) is 10.5 Å². The number of anilines is 1. The molecule has 3 rings (SSSR count). The molecule has 5 nitrogen and oxygen atoms in total. The lowest BCUT2D eigenvalue weighted by molar-refractivity contribution is 0.100. The Bertz CT molecular complexity index is 878. The fourth-order valence-electron chi connectivity index (χ4n) is 2.49. The maximum Gasteiger partial charge on any atom is 0.249 e. The Morgan fingerprint density at radius 1 is 1.00 bits per heavy atom. The van der Waals surface area contributed by atoms with E-state index in [1.165, 1.54) is 0 Å². The SMILES string of the molecule is CNc1ccccc1Oc1ccncc1-c1ccccc1C(N)=O. The molecule has 3 aromatic rings. The molecule has 24 heavy (non-hydrogen) atoms. The van der Waals surface area contributed by atoms with Crippen LogP contribution in [0.2, 0.25) is 0 Å². The van der Waals surface area contributed by atoms with Gasteiger partial charge in [0, 0.05) is 30.6 Å². The van der Waals surface area contributed by atoms with Crippen LogP contribution in [0.25, 0.3) is 11.1 Å². The summed E-state index contributed by atoms with van der Waals surface area (Å²) in [5, 5.41) is 3.09. The molecule has 0 unspecified atom stereocenters. The predicted molar refractivity (Wildman–Crippen MR) is 94.3 cm³/mol. The lowest BCUT2D eigenvalue weighted by Crippen LogP contribution is -2.12. The second kappa shape index (κ2) is 6.83. The van der Waals surface area contributed by atoms with Crippen molar-refractivity contribution in [1.82, 2.24) is 4.98 Å². The summed E-state index contributed by atoms with van der Waals surface area (Å²) in [6, 6.07) is 16.5. The minimum atomic E-state index is -0.490. The summed E-state index contributed by atoms with van der Waals surface area (Å²) in [4.78, 5) is 15.9. The highest BCUT2D eigenvalue weighted by Gasteiger charge is 2.15. The van der Waals surface area contributed by atoms with Crippen molar-refractivity contribution in [3.8, 4) is 22.6 Å². The molecule has 2 aromatic carbocycles. The van der Waals surface area contributed by atoms with E-state index in [-0.39, 0.29) is 0 Å². The van der Waals surface area contributed by atoms with Crippen molar-refractivity contribution < 1.29 is 9.53 Å². The van der Waals surface area contributed by atoms with Gasteiger partial charge in [-0.15, -0.1) is 0 Å². The minimum absolute atomic E-state index is 0.428. The summed E-state index contributed by atoms with van der Waals surface area (Å²) < 4.78 is 6.07. The van der Waals surface area contributed by atoms with Gasteiger partial charge in [-0.2, -0.15) is 0 Å². The number of hydrogen-bond donors (Lipinski definition) is 2. The van der Waals surface area contributed by atoms with E-state index in [0.717, 1.165) is 5.69 Å². The van der Waals surface area contributed by atoms with Gasteiger partial charge in [0.25, 0.3) is 0 Å². The summed E-state index contributed by atoms with van der Waals surface area (Å²) in [5.41, 5.74) is 8.18. The van der Waals surface area contributed by atoms with Gasteiger partial charge >= 0.3 is 0 Å². The summed E-state index contributed by atoms with van der Waals surface area (Å²) in [6.45, 7) is 0. The van der Waals surface area contributed by atoms with E-state index in [1.807, 2.05) is 43.4 Å². The first kappa shape index (κ1) is 15.6. The maximum atomic E-state index is 11.7. The number of amides is 1. The van der Waals surface area contributed by atoms with E-state index in [1.54, 1.807) is 30.6 Å². The maximum absolute atomic E-state index is 11.7. The number of ether oxygens (including phenoxy) is 1. The molecular weight excluding hydrogens is 302 g/mol. The highest BCUT2D eigenvalue weighted by molar-refractivity contribution is 6.00. The first-order chi connectivity index (χ1) is 11.7. The molecule has 0 bridgehead atoms. The van der Waals surface area contributed by atoms with E-state index in [0.29, 0.717) is 28.2 Å². The molecular formula is C19H17N3O2. The van der Waals surface area contributed by atoms with Crippen molar-refractivity contribution in [3.63, 3.8) is 0 Å². The van der Waals surface area contributed by atoms with Crippen molar-refractivity contribution in [2.45, 2.75) is 0 Å². The van der Waals surface area contributed by atoms with Crippen LogP contribution in [0, 0.1) is 0 Å². The van der Waals surface area contributed by atoms with Gasteiger partial charge in [-0.1, -0.05) is 30.3 Å². The van der Waals surface area contributed by atoms with Crippen molar-refractivity contribution in [3.05, 3.63) is 72.6 Å². The number of para-hydroxylation sites is 2. The number of hydrogen-bond acceptors (Lipinski definition) is 4. The van der Waals surface area contributed by atoms with E-state index < -0.39 is 5.91 Å². The van der Waals surface area contributed by atoms with Gasteiger partial charge in [0.15, 0.2) is 5.75 Å². The second-order valence-corrected chi connectivity index (χ2v) is 5.13. The third kappa shape index (κ3) is 3.05. The van der Waals surface area contributed by atoms with Crippen LogP contribution in [0.3, 0.4) is 0 Å². The average Bonchev–Trinajstić information content (AvgIpc) is 2.62. The number of nitrogens with zero attached hydrogens (tertiary/aromatic N) is 1. The zero-order valence-corrected chi connectivity index (χ0v) is 13.2.